The number of hydrogen-bond acceptors (Lipinski definition) is 4. The molecule has 0 bridgehead atoms. The highest BCUT2D eigenvalue weighted by Gasteiger charge is 2.06. The molecule has 0 aliphatic rings. The van der Waals surface area contributed by atoms with Crippen molar-refractivity contribution in [3.8, 4) is 0 Å². The Bertz CT molecular complexity index is 526. The van der Waals surface area contributed by atoms with E-state index in [9.17, 15) is 9.59 Å². The molecule has 3 N–H and O–H groups in total. The highest BCUT2D eigenvalue weighted by Crippen LogP contribution is 1.91. The van der Waals surface area contributed by atoms with Crippen LogP contribution in [0.25, 0.3) is 0 Å². The van der Waals surface area contributed by atoms with E-state index in [0.717, 1.165) is 5.82 Å². The second-order valence-electron chi connectivity index (χ2n) is 3.35. The topological polar surface area (TPSA) is 104 Å². The van der Waals surface area contributed by atoms with Gasteiger partial charge in [-0.1, -0.05) is 0 Å². The summed E-state index contributed by atoms with van der Waals surface area (Å²) in [6, 6.07) is 2.63. The van der Waals surface area contributed by atoms with Crippen LogP contribution in [0.2, 0.25) is 0 Å². The highest BCUT2D eigenvalue weighted by atomic mass is 16.2. The lowest BCUT2D eigenvalue weighted by Crippen LogP contribution is -2.27. The van der Waals surface area contributed by atoms with Crippen LogP contribution in [0.5, 0.6) is 0 Å². The van der Waals surface area contributed by atoms with Gasteiger partial charge in [0.15, 0.2) is 0 Å². The number of carbonyl (C=O) groups excluding carboxylic acids is 1. The molecule has 0 spiro atoms. The van der Waals surface area contributed by atoms with Crippen LogP contribution in [0, 0.1) is 0 Å². The predicted molar refractivity (Wildman–Crippen MR) is 59.5 cm³/mol. The van der Waals surface area contributed by atoms with Crippen molar-refractivity contribution >= 4 is 5.91 Å². The van der Waals surface area contributed by atoms with Crippen molar-refractivity contribution < 1.29 is 4.79 Å². The maximum absolute atomic E-state index is 11.6. The minimum Gasteiger partial charge on any atom is -0.350 e. The standard InChI is InChI=1S/C10H11N5O2/c16-9-2-1-7(14-15-9)10(17)13-4-3-8-11-5-6-12-8/h1-2,5-6H,3-4H2,(H,11,12)(H,13,17)(H,15,16). The average molecular weight is 233 g/mol. The second kappa shape index (κ2) is 5.06. The summed E-state index contributed by atoms with van der Waals surface area (Å²) in [4.78, 5) is 29.3. The number of H-pyrrole nitrogens is 2. The first-order chi connectivity index (χ1) is 8.25. The molecule has 0 saturated carbocycles. The quantitative estimate of drug-likeness (QED) is 0.660. The minimum atomic E-state index is -0.336. The van der Waals surface area contributed by atoms with Crippen LogP contribution in [0.15, 0.2) is 29.3 Å². The van der Waals surface area contributed by atoms with Crippen LogP contribution in [0.1, 0.15) is 16.3 Å². The number of aromatic amines is 2. The Hall–Kier alpha value is -2.44. The van der Waals surface area contributed by atoms with Crippen molar-refractivity contribution in [1.82, 2.24) is 25.5 Å². The van der Waals surface area contributed by atoms with E-state index in [0.29, 0.717) is 13.0 Å². The monoisotopic (exact) mass is 233 g/mol. The Kier molecular flexibility index (Phi) is 3.29. The van der Waals surface area contributed by atoms with Gasteiger partial charge in [-0.15, -0.1) is 0 Å². The van der Waals surface area contributed by atoms with Crippen molar-refractivity contribution in [1.29, 1.82) is 0 Å². The summed E-state index contributed by atoms with van der Waals surface area (Å²) in [6.45, 7) is 0.452. The number of amides is 1. The van der Waals surface area contributed by atoms with Gasteiger partial charge in [0.05, 0.1) is 0 Å². The lowest BCUT2D eigenvalue weighted by Gasteiger charge is -2.02. The van der Waals surface area contributed by atoms with Crippen LogP contribution in [0.3, 0.4) is 0 Å². The Balaban J connectivity index is 1.85. The third-order valence-electron chi connectivity index (χ3n) is 2.11. The molecule has 0 aromatic carbocycles. The molecule has 2 aromatic rings. The van der Waals surface area contributed by atoms with E-state index < -0.39 is 0 Å². The summed E-state index contributed by atoms with van der Waals surface area (Å²) in [5, 5.41) is 8.49. The van der Waals surface area contributed by atoms with E-state index in [-0.39, 0.29) is 17.2 Å². The summed E-state index contributed by atoms with van der Waals surface area (Å²) in [7, 11) is 0. The van der Waals surface area contributed by atoms with Gasteiger partial charge in [0, 0.05) is 31.4 Å². The molecule has 1 amide bonds. The maximum atomic E-state index is 11.6. The molecule has 0 atom stereocenters. The predicted octanol–water partition coefficient (Wildman–Crippen LogP) is -0.535. The fourth-order valence-electron chi connectivity index (χ4n) is 1.29. The number of rotatable bonds is 4. The molecule has 2 rings (SSSR count). The van der Waals surface area contributed by atoms with Crippen LogP contribution < -0.4 is 10.9 Å². The van der Waals surface area contributed by atoms with Gasteiger partial charge in [-0.3, -0.25) is 9.59 Å². The van der Waals surface area contributed by atoms with Crippen LogP contribution in [-0.4, -0.2) is 32.6 Å². The largest absolute Gasteiger partial charge is 0.350 e. The van der Waals surface area contributed by atoms with Gasteiger partial charge in [-0.05, 0) is 6.07 Å². The molecule has 0 fully saturated rings. The molecular formula is C10H11N5O2. The van der Waals surface area contributed by atoms with Crippen molar-refractivity contribution in [2.45, 2.75) is 6.42 Å². The van der Waals surface area contributed by atoms with Gasteiger partial charge in [0.1, 0.15) is 11.5 Å². The van der Waals surface area contributed by atoms with Crippen molar-refractivity contribution in [2.24, 2.45) is 0 Å². The van der Waals surface area contributed by atoms with E-state index in [1.807, 2.05) is 0 Å². The zero-order valence-electron chi connectivity index (χ0n) is 8.93. The number of hydrogen-bond donors (Lipinski definition) is 3. The van der Waals surface area contributed by atoms with Crippen molar-refractivity contribution in [3.05, 3.63) is 46.4 Å². The Morgan fingerprint density at radius 1 is 1.41 bits per heavy atom. The highest BCUT2D eigenvalue weighted by molar-refractivity contribution is 5.91. The third-order valence-corrected chi connectivity index (χ3v) is 2.11. The molecular weight excluding hydrogens is 222 g/mol. The summed E-state index contributed by atoms with van der Waals surface area (Å²) in [5.74, 6) is 0.479. The van der Waals surface area contributed by atoms with Gasteiger partial charge in [-0.25, -0.2) is 10.1 Å². The maximum Gasteiger partial charge on any atom is 0.271 e. The summed E-state index contributed by atoms with van der Waals surface area (Å²) in [6.07, 6.45) is 3.99. The number of nitrogens with one attached hydrogen (secondary N) is 3. The molecule has 0 radical (unpaired) electrons. The fourth-order valence-corrected chi connectivity index (χ4v) is 1.29. The zero-order chi connectivity index (χ0) is 12.1. The molecule has 0 saturated heterocycles. The Labute approximate surface area is 96.3 Å². The normalized spacial score (nSPS) is 10.1. The van der Waals surface area contributed by atoms with E-state index in [1.54, 1.807) is 12.4 Å². The first-order valence-corrected chi connectivity index (χ1v) is 5.08. The first-order valence-electron chi connectivity index (χ1n) is 5.08. The number of nitrogens with zero attached hydrogens (tertiary/aromatic N) is 2. The van der Waals surface area contributed by atoms with Crippen LogP contribution in [0.4, 0.5) is 0 Å². The molecule has 2 heterocycles. The van der Waals surface area contributed by atoms with Gasteiger partial charge in [0.25, 0.3) is 11.5 Å². The summed E-state index contributed by atoms with van der Waals surface area (Å²) in [5.41, 5.74) is -0.152. The number of carbonyl (C=O) groups is 1. The second-order valence-corrected chi connectivity index (χ2v) is 3.35. The molecule has 0 unspecified atom stereocenters. The molecule has 0 aliphatic heterocycles. The van der Waals surface area contributed by atoms with E-state index in [4.69, 9.17) is 0 Å². The van der Waals surface area contributed by atoms with Crippen LogP contribution in [-0.2, 0) is 6.42 Å². The fraction of sp³-hybridized carbons (Fsp3) is 0.200. The van der Waals surface area contributed by atoms with E-state index in [2.05, 4.69) is 25.5 Å². The van der Waals surface area contributed by atoms with Gasteiger partial charge >= 0.3 is 0 Å². The lowest BCUT2D eigenvalue weighted by atomic mass is 10.3. The van der Waals surface area contributed by atoms with E-state index >= 15 is 0 Å². The molecule has 2 aromatic heterocycles. The lowest BCUT2D eigenvalue weighted by molar-refractivity contribution is 0.0948. The first kappa shape index (κ1) is 11.1. The summed E-state index contributed by atoms with van der Waals surface area (Å²) >= 11 is 0. The minimum absolute atomic E-state index is 0.184. The van der Waals surface area contributed by atoms with Gasteiger partial charge in [-0.2, -0.15) is 5.10 Å². The SMILES string of the molecule is O=C(NCCc1ncc[nH]1)c1ccc(=O)[nH]n1. The summed E-state index contributed by atoms with van der Waals surface area (Å²) < 4.78 is 0. The molecule has 17 heavy (non-hydrogen) atoms. The number of aromatic nitrogens is 4. The Morgan fingerprint density at radius 2 is 2.29 bits per heavy atom. The molecule has 7 nitrogen and oxygen atoms in total. The van der Waals surface area contributed by atoms with Crippen LogP contribution >= 0.6 is 0 Å². The molecule has 88 valence electrons. The van der Waals surface area contributed by atoms with Gasteiger partial charge < -0.3 is 10.3 Å². The number of imidazole rings is 1. The van der Waals surface area contributed by atoms with Crippen molar-refractivity contribution in [2.75, 3.05) is 6.54 Å². The third kappa shape index (κ3) is 3.00. The van der Waals surface area contributed by atoms with Crippen molar-refractivity contribution in [3.63, 3.8) is 0 Å². The van der Waals surface area contributed by atoms with Gasteiger partial charge in [0.2, 0.25) is 0 Å². The zero-order valence-corrected chi connectivity index (χ0v) is 8.93. The smallest absolute Gasteiger partial charge is 0.271 e. The van der Waals surface area contributed by atoms with E-state index in [1.165, 1.54) is 12.1 Å². The molecule has 0 aliphatic carbocycles. The Morgan fingerprint density at radius 3 is 2.94 bits per heavy atom. The molecule has 7 heteroatoms. The average Bonchev–Trinajstić information content (AvgIpc) is 2.83.